The zero-order chi connectivity index (χ0) is 16.8. The van der Waals surface area contributed by atoms with Crippen LogP contribution in [0.4, 0.5) is 0 Å². The molecule has 2 saturated heterocycles. The molecule has 2 aliphatic rings. The number of ether oxygens (including phenoxy) is 2. The summed E-state index contributed by atoms with van der Waals surface area (Å²) in [5.74, 6) is 0.562. The van der Waals surface area contributed by atoms with E-state index in [1.807, 2.05) is 24.3 Å². The van der Waals surface area contributed by atoms with Crippen LogP contribution in [0.2, 0.25) is 5.02 Å². The molecule has 24 heavy (non-hydrogen) atoms. The molecule has 1 aromatic carbocycles. The first-order chi connectivity index (χ1) is 11.7. The Morgan fingerprint density at radius 2 is 1.83 bits per heavy atom. The minimum Gasteiger partial charge on any atom is -0.355 e. The number of amides is 1. The Balaban J connectivity index is 1.31. The Labute approximate surface area is 148 Å². The highest BCUT2D eigenvalue weighted by atomic mass is 35.5. The summed E-state index contributed by atoms with van der Waals surface area (Å²) < 4.78 is 11.2. The molecule has 1 aromatic rings. The van der Waals surface area contributed by atoms with Crippen molar-refractivity contribution in [3.8, 4) is 0 Å². The van der Waals surface area contributed by atoms with E-state index in [1.165, 1.54) is 5.56 Å². The second kappa shape index (κ2) is 8.81. The molecule has 2 aliphatic heterocycles. The fourth-order valence-electron chi connectivity index (χ4n) is 3.29. The molecule has 0 spiro atoms. The van der Waals surface area contributed by atoms with Gasteiger partial charge < -0.3 is 14.8 Å². The van der Waals surface area contributed by atoms with Crippen LogP contribution in [0, 0.1) is 5.92 Å². The van der Waals surface area contributed by atoms with Gasteiger partial charge in [0.25, 0.3) is 0 Å². The quantitative estimate of drug-likeness (QED) is 0.851. The highest BCUT2D eigenvalue weighted by Crippen LogP contribution is 2.25. The zero-order valence-corrected chi connectivity index (χ0v) is 14.6. The predicted octanol–water partition coefficient (Wildman–Crippen LogP) is 2.08. The number of piperidine rings is 1. The molecule has 0 aliphatic carbocycles. The summed E-state index contributed by atoms with van der Waals surface area (Å²) in [6, 6.07) is 7.74. The van der Waals surface area contributed by atoms with Crippen molar-refractivity contribution in [2.75, 3.05) is 39.4 Å². The van der Waals surface area contributed by atoms with Crippen molar-refractivity contribution >= 4 is 17.5 Å². The lowest BCUT2D eigenvalue weighted by Crippen LogP contribution is -2.43. The highest BCUT2D eigenvalue weighted by Gasteiger charge is 2.30. The van der Waals surface area contributed by atoms with E-state index in [-0.39, 0.29) is 12.2 Å². The van der Waals surface area contributed by atoms with Gasteiger partial charge in [-0.3, -0.25) is 9.69 Å². The van der Waals surface area contributed by atoms with E-state index >= 15 is 0 Å². The van der Waals surface area contributed by atoms with E-state index in [0.29, 0.717) is 32.2 Å². The van der Waals surface area contributed by atoms with Crippen LogP contribution in [0.1, 0.15) is 18.4 Å². The number of nitrogens with one attached hydrogen (secondary N) is 1. The van der Waals surface area contributed by atoms with Crippen LogP contribution in [0.25, 0.3) is 0 Å². The lowest BCUT2D eigenvalue weighted by molar-refractivity contribution is -0.123. The van der Waals surface area contributed by atoms with Crippen molar-refractivity contribution in [2.24, 2.45) is 5.92 Å². The minimum atomic E-state index is -0.0275. The molecular formula is C18H25ClN2O3. The lowest BCUT2D eigenvalue weighted by Gasteiger charge is -2.33. The molecule has 5 nitrogen and oxygen atoms in total. The molecule has 1 N–H and O–H groups in total. The number of likely N-dealkylation sites (tertiary alicyclic amines) is 1. The number of hydrogen-bond acceptors (Lipinski definition) is 4. The van der Waals surface area contributed by atoms with E-state index in [0.717, 1.165) is 37.4 Å². The first kappa shape index (κ1) is 17.7. The standard InChI is InChI=1S/C18H25ClN2O3/c19-16-3-1-14(2-4-16)5-8-20-17(22)13-21-9-6-15(7-10-21)18-23-11-12-24-18/h1-4,15,18H,5-13H2,(H,20,22). The number of nitrogens with zero attached hydrogens (tertiary/aromatic N) is 1. The topological polar surface area (TPSA) is 50.8 Å². The zero-order valence-electron chi connectivity index (χ0n) is 13.9. The van der Waals surface area contributed by atoms with Gasteiger partial charge in [0, 0.05) is 17.5 Å². The summed E-state index contributed by atoms with van der Waals surface area (Å²) in [6.07, 6.45) is 2.85. The summed E-state index contributed by atoms with van der Waals surface area (Å²) in [6.45, 7) is 4.40. The van der Waals surface area contributed by atoms with Gasteiger partial charge in [-0.05, 0) is 50.0 Å². The second-order valence-corrected chi connectivity index (χ2v) is 6.89. The maximum Gasteiger partial charge on any atom is 0.234 e. The summed E-state index contributed by atoms with van der Waals surface area (Å²) in [5.41, 5.74) is 1.18. The lowest BCUT2D eigenvalue weighted by atomic mass is 9.96. The van der Waals surface area contributed by atoms with Crippen LogP contribution in [0.5, 0.6) is 0 Å². The molecule has 0 atom stereocenters. The van der Waals surface area contributed by atoms with Crippen LogP contribution in [-0.2, 0) is 20.7 Å². The van der Waals surface area contributed by atoms with Gasteiger partial charge in [-0.25, -0.2) is 0 Å². The van der Waals surface area contributed by atoms with Crippen molar-refractivity contribution in [3.05, 3.63) is 34.9 Å². The molecule has 2 fully saturated rings. The van der Waals surface area contributed by atoms with Crippen molar-refractivity contribution in [1.29, 1.82) is 0 Å². The highest BCUT2D eigenvalue weighted by molar-refractivity contribution is 6.30. The third kappa shape index (κ3) is 5.18. The molecule has 3 rings (SSSR count). The van der Waals surface area contributed by atoms with Crippen LogP contribution >= 0.6 is 11.6 Å². The Hall–Kier alpha value is -1.14. The summed E-state index contributed by atoms with van der Waals surface area (Å²) >= 11 is 5.87. The average Bonchev–Trinajstić information content (AvgIpc) is 3.12. The number of carbonyl (C=O) groups is 1. The first-order valence-electron chi connectivity index (χ1n) is 8.67. The summed E-state index contributed by atoms with van der Waals surface area (Å²) in [7, 11) is 0. The van der Waals surface area contributed by atoms with Gasteiger partial charge in [-0.15, -0.1) is 0 Å². The average molecular weight is 353 g/mol. The molecule has 132 valence electrons. The first-order valence-corrected chi connectivity index (χ1v) is 9.05. The van der Waals surface area contributed by atoms with Gasteiger partial charge >= 0.3 is 0 Å². The minimum absolute atomic E-state index is 0.0275. The van der Waals surface area contributed by atoms with Gasteiger partial charge in [-0.2, -0.15) is 0 Å². The van der Waals surface area contributed by atoms with Crippen molar-refractivity contribution in [1.82, 2.24) is 10.2 Å². The maximum absolute atomic E-state index is 12.1. The number of benzene rings is 1. The third-order valence-electron chi connectivity index (χ3n) is 4.68. The fraction of sp³-hybridized carbons (Fsp3) is 0.611. The van der Waals surface area contributed by atoms with Gasteiger partial charge in [0.05, 0.1) is 19.8 Å². The molecule has 0 saturated carbocycles. The SMILES string of the molecule is O=C(CN1CCC(C2OCCO2)CC1)NCCc1ccc(Cl)cc1. The normalized spacial score (nSPS) is 20.4. The Bertz CT molecular complexity index is 524. The monoisotopic (exact) mass is 352 g/mol. The van der Waals surface area contributed by atoms with E-state index in [9.17, 15) is 4.79 Å². The van der Waals surface area contributed by atoms with E-state index in [1.54, 1.807) is 0 Å². The number of hydrogen-bond donors (Lipinski definition) is 1. The van der Waals surface area contributed by atoms with Gasteiger partial charge in [0.1, 0.15) is 0 Å². The van der Waals surface area contributed by atoms with E-state index in [4.69, 9.17) is 21.1 Å². The van der Waals surface area contributed by atoms with Gasteiger partial charge in [0.2, 0.25) is 5.91 Å². The smallest absolute Gasteiger partial charge is 0.234 e. The summed E-state index contributed by atoms with van der Waals surface area (Å²) in [5, 5.41) is 3.73. The number of rotatable bonds is 6. The number of halogens is 1. The molecule has 0 aromatic heterocycles. The Kier molecular flexibility index (Phi) is 6.49. The van der Waals surface area contributed by atoms with Crippen LogP contribution in [0.3, 0.4) is 0 Å². The van der Waals surface area contributed by atoms with E-state index < -0.39 is 0 Å². The molecule has 2 heterocycles. The maximum atomic E-state index is 12.1. The van der Waals surface area contributed by atoms with Crippen molar-refractivity contribution < 1.29 is 14.3 Å². The van der Waals surface area contributed by atoms with Gasteiger partial charge in [0.15, 0.2) is 6.29 Å². The van der Waals surface area contributed by atoms with Crippen LogP contribution in [-0.4, -0.2) is 56.5 Å². The van der Waals surface area contributed by atoms with Crippen molar-refractivity contribution in [2.45, 2.75) is 25.6 Å². The molecule has 0 bridgehead atoms. The molecule has 1 amide bonds. The van der Waals surface area contributed by atoms with Crippen LogP contribution < -0.4 is 5.32 Å². The Morgan fingerprint density at radius 3 is 2.50 bits per heavy atom. The fourth-order valence-corrected chi connectivity index (χ4v) is 3.41. The van der Waals surface area contributed by atoms with Crippen molar-refractivity contribution in [3.63, 3.8) is 0 Å². The van der Waals surface area contributed by atoms with Gasteiger partial charge in [-0.1, -0.05) is 23.7 Å². The Morgan fingerprint density at radius 1 is 1.17 bits per heavy atom. The van der Waals surface area contributed by atoms with Crippen LogP contribution in [0.15, 0.2) is 24.3 Å². The summed E-state index contributed by atoms with van der Waals surface area (Å²) in [4.78, 5) is 14.3. The molecule has 0 unspecified atom stereocenters. The van der Waals surface area contributed by atoms with E-state index in [2.05, 4.69) is 10.2 Å². The largest absolute Gasteiger partial charge is 0.355 e. The second-order valence-electron chi connectivity index (χ2n) is 6.45. The number of carbonyl (C=O) groups excluding carboxylic acids is 1. The molecular weight excluding hydrogens is 328 g/mol. The molecule has 6 heteroatoms. The third-order valence-corrected chi connectivity index (χ3v) is 4.93. The molecule has 0 radical (unpaired) electrons. The predicted molar refractivity (Wildman–Crippen MR) is 93.0 cm³/mol.